The van der Waals surface area contributed by atoms with Crippen molar-refractivity contribution in [3.05, 3.63) is 29.6 Å². The van der Waals surface area contributed by atoms with Gasteiger partial charge in [0.05, 0.1) is 6.54 Å². The molecule has 1 aromatic carbocycles. The van der Waals surface area contributed by atoms with Gasteiger partial charge in [-0.15, -0.1) is 0 Å². The van der Waals surface area contributed by atoms with Gasteiger partial charge in [0.2, 0.25) is 5.91 Å². The fourth-order valence-electron chi connectivity index (χ4n) is 3.61. The third-order valence-electron chi connectivity index (χ3n) is 4.70. The van der Waals surface area contributed by atoms with Crippen molar-refractivity contribution in [1.29, 1.82) is 0 Å². The van der Waals surface area contributed by atoms with E-state index in [0.717, 1.165) is 25.7 Å². The summed E-state index contributed by atoms with van der Waals surface area (Å²) in [7, 11) is 0. The molecule has 3 N–H and O–H groups in total. The summed E-state index contributed by atoms with van der Waals surface area (Å²) in [6, 6.07) is 5.91. The number of fused-ring (bicyclic) bond motifs is 2. The molecule has 21 heavy (non-hydrogen) atoms. The number of carbonyl (C=O) groups is 1. The van der Waals surface area contributed by atoms with Gasteiger partial charge in [0.1, 0.15) is 5.82 Å². The summed E-state index contributed by atoms with van der Waals surface area (Å²) >= 11 is 0. The largest absolute Gasteiger partial charge is 0.328 e. The summed E-state index contributed by atoms with van der Waals surface area (Å²) in [6.07, 6.45) is 4.21. The third kappa shape index (κ3) is 3.09. The number of nitrogens with zero attached hydrogens (tertiary/aromatic N) is 1. The molecule has 2 aliphatic heterocycles. The fraction of sp³-hybridized carbons (Fsp3) is 0.562. The molecule has 0 spiro atoms. The minimum atomic E-state index is -0.295. The number of halogens is 1. The van der Waals surface area contributed by atoms with Gasteiger partial charge in [-0.05, 0) is 50.3 Å². The zero-order chi connectivity index (χ0) is 15.0. The summed E-state index contributed by atoms with van der Waals surface area (Å²) in [4.78, 5) is 14.4. The van der Waals surface area contributed by atoms with E-state index >= 15 is 0 Å². The SMILES string of the molecule is Cc1ccc(NC(=O)CN2C3CCC2CC(N)C3)cc1F. The summed E-state index contributed by atoms with van der Waals surface area (Å²) < 4.78 is 13.5. The predicted octanol–water partition coefficient (Wildman–Crippen LogP) is 2.03. The van der Waals surface area contributed by atoms with Crippen molar-refractivity contribution >= 4 is 11.6 Å². The van der Waals surface area contributed by atoms with Crippen molar-refractivity contribution in [2.24, 2.45) is 5.73 Å². The van der Waals surface area contributed by atoms with Crippen LogP contribution in [0.25, 0.3) is 0 Å². The first kappa shape index (κ1) is 14.5. The monoisotopic (exact) mass is 291 g/mol. The van der Waals surface area contributed by atoms with Crippen LogP contribution < -0.4 is 11.1 Å². The Kier molecular flexibility index (Phi) is 3.95. The highest BCUT2D eigenvalue weighted by atomic mass is 19.1. The zero-order valence-corrected chi connectivity index (χ0v) is 12.3. The number of carbonyl (C=O) groups excluding carboxylic acids is 1. The number of hydrogen-bond acceptors (Lipinski definition) is 3. The second-order valence-corrected chi connectivity index (χ2v) is 6.30. The molecule has 0 radical (unpaired) electrons. The Hall–Kier alpha value is -1.46. The van der Waals surface area contributed by atoms with Gasteiger partial charge in [-0.25, -0.2) is 4.39 Å². The lowest BCUT2D eigenvalue weighted by Crippen LogP contribution is -2.49. The van der Waals surface area contributed by atoms with Crippen molar-refractivity contribution in [1.82, 2.24) is 4.90 Å². The Balaban J connectivity index is 1.60. The summed E-state index contributed by atoms with van der Waals surface area (Å²) in [5.74, 6) is -0.373. The number of nitrogens with two attached hydrogens (primary N) is 1. The van der Waals surface area contributed by atoms with Gasteiger partial charge in [0, 0.05) is 23.8 Å². The van der Waals surface area contributed by atoms with E-state index in [1.807, 2.05) is 0 Å². The average Bonchev–Trinajstić information content (AvgIpc) is 2.67. The van der Waals surface area contributed by atoms with Gasteiger partial charge < -0.3 is 11.1 Å². The molecule has 0 aliphatic carbocycles. The van der Waals surface area contributed by atoms with Gasteiger partial charge in [-0.1, -0.05) is 6.07 Å². The Morgan fingerprint density at radius 2 is 2.05 bits per heavy atom. The molecule has 1 aromatic rings. The lowest BCUT2D eigenvalue weighted by molar-refractivity contribution is -0.118. The van der Waals surface area contributed by atoms with Crippen LogP contribution in [0.2, 0.25) is 0 Å². The van der Waals surface area contributed by atoms with E-state index in [4.69, 9.17) is 5.73 Å². The average molecular weight is 291 g/mol. The second kappa shape index (κ2) is 5.73. The molecule has 2 bridgehead atoms. The quantitative estimate of drug-likeness (QED) is 0.896. The van der Waals surface area contributed by atoms with E-state index in [-0.39, 0.29) is 17.8 Å². The Morgan fingerprint density at radius 3 is 2.67 bits per heavy atom. The van der Waals surface area contributed by atoms with Crippen LogP contribution in [-0.2, 0) is 4.79 Å². The smallest absolute Gasteiger partial charge is 0.238 e. The van der Waals surface area contributed by atoms with Crippen molar-refractivity contribution in [2.75, 3.05) is 11.9 Å². The number of piperidine rings is 1. The van der Waals surface area contributed by atoms with E-state index in [0.29, 0.717) is 29.9 Å². The molecule has 2 heterocycles. The van der Waals surface area contributed by atoms with E-state index in [2.05, 4.69) is 10.2 Å². The van der Waals surface area contributed by atoms with Crippen molar-refractivity contribution in [3.63, 3.8) is 0 Å². The molecule has 3 rings (SSSR count). The van der Waals surface area contributed by atoms with Crippen LogP contribution in [0, 0.1) is 12.7 Å². The minimum Gasteiger partial charge on any atom is -0.328 e. The van der Waals surface area contributed by atoms with E-state index in [1.54, 1.807) is 19.1 Å². The van der Waals surface area contributed by atoms with E-state index < -0.39 is 0 Å². The molecule has 0 saturated carbocycles. The number of nitrogens with one attached hydrogen (secondary N) is 1. The molecule has 2 saturated heterocycles. The number of anilines is 1. The van der Waals surface area contributed by atoms with Gasteiger partial charge in [0.25, 0.3) is 0 Å². The Bertz CT molecular complexity index is 534. The van der Waals surface area contributed by atoms with E-state index in [1.165, 1.54) is 6.07 Å². The van der Waals surface area contributed by atoms with Crippen molar-refractivity contribution in [2.45, 2.75) is 50.7 Å². The molecular weight excluding hydrogens is 269 g/mol. The minimum absolute atomic E-state index is 0.0781. The van der Waals surface area contributed by atoms with Crippen LogP contribution in [0.5, 0.6) is 0 Å². The fourth-order valence-corrected chi connectivity index (χ4v) is 3.61. The summed E-state index contributed by atoms with van der Waals surface area (Å²) in [5, 5.41) is 2.79. The number of benzene rings is 1. The standard InChI is InChI=1S/C16H22FN3O/c1-10-2-3-12(8-15(10)17)19-16(21)9-20-13-4-5-14(20)7-11(18)6-13/h2-3,8,11,13-14H,4-7,9,18H2,1H3,(H,19,21). The third-order valence-corrected chi connectivity index (χ3v) is 4.70. The van der Waals surface area contributed by atoms with E-state index in [9.17, 15) is 9.18 Å². The van der Waals surface area contributed by atoms with Gasteiger partial charge in [-0.3, -0.25) is 9.69 Å². The number of rotatable bonds is 3. The molecule has 0 aromatic heterocycles. The molecule has 5 heteroatoms. The topological polar surface area (TPSA) is 58.4 Å². The number of aryl methyl sites for hydroxylation is 1. The van der Waals surface area contributed by atoms with Crippen LogP contribution in [0.15, 0.2) is 18.2 Å². The first-order valence-corrected chi connectivity index (χ1v) is 7.60. The molecule has 2 atom stereocenters. The highest BCUT2D eigenvalue weighted by Gasteiger charge is 2.40. The van der Waals surface area contributed by atoms with Crippen LogP contribution in [-0.4, -0.2) is 35.5 Å². The van der Waals surface area contributed by atoms with Crippen LogP contribution in [0.3, 0.4) is 0 Å². The van der Waals surface area contributed by atoms with Gasteiger partial charge >= 0.3 is 0 Å². The highest BCUT2D eigenvalue weighted by Crippen LogP contribution is 2.34. The molecule has 2 fully saturated rings. The maximum absolute atomic E-state index is 13.5. The molecule has 2 aliphatic rings. The normalized spacial score (nSPS) is 28.6. The molecule has 2 unspecified atom stereocenters. The summed E-state index contributed by atoms with van der Waals surface area (Å²) in [6.45, 7) is 2.08. The Morgan fingerprint density at radius 1 is 1.38 bits per heavy atom. The van der Waals surface area contributed by atoms with Gasteiger partial charge in [-0.2, -0.15) is 0 Å². The lowest BCUT2D eigenvalue weighted by Gasteiger charge is -2.37. The maximum atomic E-state index is 13.5. The van der Waals surface area contributed by atoms with Crippen molar-refractivity contribution < 1.29 is 9.18 Å². The van der Waals surface area contributed by atoms with Crippen LogP contribution in [0.4, 0.5) is 10.1 Å². The zero-order valence-electron chi connectivity index (χ0n) is 12.3. The number of amides is 1. The predicted molar refractivity (Wildman–Crippen MR) is 80.5 cm³/mol. The second-order valence-electron chi connectivity index (χ2n) is 6.30. The highest BCUT2D eigenvalue weighted by molar-refractivity contribution is 5.92. The molecule has 114 valence electrons. The summed E-state index contributed by atoms with van der Waals surface area (Å²) in [5.41, 5.74) is 7.13. The van der Waals surface area contributed by atoms with Crippen molar-refractivity contribution in [3.8, 4) is 0 Å². The number of hydrogen-bond donors (Lipinski definition) is 2. The lowest BCUT2D eigenvalue weighted by atomic mass is 9.98. The first-order valence-electron chi connectivity index (χ1n) is 7.60. The molecule has 1 amide bonds. The van der Waals surface area contributed by atoms with Crippen LogP contribution in [0.1, 0.15) is 31.2 Å². The Labute approximate surface area is 124 Å². The van der Waals surface area contributed by atoms with Crippen LogP contribution >= 0.6 is 0 Å². The first-order chi connectivity index (χ1) is 10.0. The molecule has 4 nitrogen and oxygen atoms in total. The van der Waals surface area contributed by atoms with Gasteiger partial charge in [0.15, 0.2) is 0 Å². The molecular formula is C16H22FN3O. The maximum Gasteiger partial charge on any atom is 0.238 e.